The van der Waals surface area contributed by atoms with Crippen molar-refractivity contribution in [3.05, 3.63) is 65.2 Å². The molecule has 0 aromatic heterocycles. The van der Waals surface area contributed by atoms with Crippen LogP contribution in [0.25, 0.3) is 0 Å². The highest BCUT2D eigenvalue weighted by Gasteiger charge is 2.48. The van der Waals surface area contributed by atoms with Crippen molar-refractivity contribution in [2.75, 3.05) is 16.3 Å². The van der Waals surface area contributed by atoms with Gasteiger partial charge in [-0.1, -0.05) is 35.9 Å². The van der Waals surface area contributed by atoms with Crippen LogP contribution in [0.5, 0.6) is 5.75 Å². The number of ether oxygens (including phenoxy) is 1. The van der Waals surface area contributed by atoms with E-state index >= 15 is 0 Å². The molecule has 2 heterocycles. The van der Waals surface area contributed by atoms with E-state index in [1.165, 1.54) is 11.0 Å². The predicted octanol–water partition coefficient (Wildman–Crippen LogP) is 4.06. The first kappa shape index (κ1) is 22.3. The Bertz CT molecular complexity index is 1210. The zero-order chi connectivity index (χ0) is 24.0. The Labute approximate surface area is 201 Å². The highest BCUT2D eigenvalue weighted by atomic mass is 35.5. The highest BCUT2D eigenvalue weighted by molar-refractivity contribution is 6.31. The van der Waals surface area contributed by atoms with Gasteiger partial charge >= 0.3 is 5.97 Å². The van der Waals surface area contributed by atoms with Crippen LogP contribution < -0.4 is 14.5 Å². The largest absolute Gasteiger partial charge is 0.426 e. The normalized spacial score (nSPS) is 24.1. The number of allylic oxidation sites excluding steroid dienone is 2. The highest BCUT2D eigenvalue weighted by Crippen LogP contribution is 2.38. The van der Waals surface area contributed by atoms with Crippen molar-refractivity contribution < 1.29 is 23.9 Å². The molecule has 3 aliphatic rings. The van der Waals surface area contributed by atoms with E-state index in [1.807, 2.05) is 19.1 Å². The number of fused-ring (bicyclic) bond motifs is 1. The number of imide groups is 1. The molecule has 8 heteroatoms. The second-order valence-corrected chi connectivity index (χ2v) is 9.28. The molecule has 34 heavy (non-hydrogen) atoms. The third-order valence-electron chi connectivity index (χ3n) is 6.79. The maximum atomic E-state index is 12.9. The summed E-state index contributed by atoms with van der Waals surface area (Å²) in [5, 5.41) is 0.551. The van der Waals surface area contributed by atoms with E-state index in [9.17, 15) is 19.2 Å². The number of hydrogen-bond donors (Lipinski definition) is 0. The van der Waals surface area contributed by atoms with Crippen LogP contribution in [-0.2, 0) is 19.2 Å². The summed E-state index contributed by atoms with van der Waals surface area (Å²) in [6, 6.07) is 11.7. The lowest BCUT2D eigenvalue weighted by Crippen LogP contribution is -2.31. The Kier molecular flexibility index (Phi) is 5.73. The summed E-state index contributed by atoms with van der Waals surface area (Å²) in [5.41, 5.74) is 1.83. The average Bonchev–Trinajstić information content (AvgIpc) is 3.33. The molecule has 0 unspecified atom stereocenters. The summed E-state index contributed by atoms with van der Waals surface area (Å²) in [5.74, 6) is -2.26. The van der Waals surface area contributed by atoms with Gasteiger partial charge in [-0.25, -0.2) is 4.90 Å². The van der Waals surface area contributed by atoms with Gasteiger partial charge in [-0.2, -0.15) is 0 Å². The molecule has 0 N–H and O–H groups in total. The van der Waals surface area contributed by atoms with Gasteiger partial charge in [0.25, 0.3) is 0 Å². The van der Waals surface area contributed by atoms with E-state index in [2.05, 4.69) is 0 Å². The maximum Gasteiger partial charge on any atom is 0.316 e. The molecule has 5 rings (SSSR count). The number of carbonyl (C=O) groups excluding carboxylic acids is 4. The molecule has 0 saturated carbocycles. The molecule has 0 spiro atoms. The number of anilines is 2. The van der Waals surface area contributed by atoms with E-state index in [0.717, 1.165) is 5.56 Å². The van der Waals surface area contributed by atoms with Gasteiger partial charge in [-0.05, 0) is 49.6 Å². The molecule has 0 bridgehead atoms. The summed E-state index contributed by atoms with van der Waals surface area (Å²) in [7, 11) is 0. The zero-order valence-electron chi connectivity index (χ0n) is 18.6. The molecule has 2 aromatic carbocycles. The van der Waals surface area contributed by atoms with Gasteiger partial charge in [-0.15, -0.1) is 0 Å². The van der Waals surface area contributed by atoms with Crippen molar-refractivity contribution in [3.8, 4) is 5.75 Å². The summed E-state index contributed by atoms with van der Waals surface area (Å²) >= 11 is 6.19. The summed E-state index contributed by atoms with van der Waals surface area (Å²) in [4.78, 5) is 54.0. The van der Waals surface area contributed by atoms with Gasteiger partial charge in [0.15, 0.2) is 0 Å². The summed E-state index contributed by atoms with van der Waals surface area (Å²) < 4.78 is 5.57. The first-order valence-corrected chi connectivity index (χ1v) is 11.6. The molecule has 2 aromatic rings. The van der Waals surface area contributed by atoms with E-state index in [1.54, 1.807) is 41.3 Å². The Hall–Kier alpha value is -3.45. The fraction of sp³-hybridized carbons (Fsp3) is 0.308. The average molecular weight is 479 g/mol. The van der Waals surface area contributed by atoms with Gasteiger partial charge in [0.2, 0.25) is 17.7 Å². The first-order chi connectivity index (χ1) is 16.3. The Morgan fingerprint density at radius 2 is 1.68 bits per heavy atom. The second-order valence-electron chi connectivity index (χ2n) is 8.88. The van der Waals surface area contributed by atoms with Gasteiger partial charge in [0, 0.05) is 29.7 Å². The minimum atomic E-state index is -0.640. The summed E-state index contributed by atoms with van der Waals surface area (Å²) in [6.07, 6.45) is 5.01. The topological polar surface area (TPSA) is 84.0 Å². The minimum Gasteiger partial charge on any atom is -0.426 e. The number of rotatable bonds is 4. The zero-order valence-corrected chi connectivity index (χ0v) is 19.3. The van der Waals surface area contributed by atoms with Crippen LogP contribution >= 0.6 is 11.6 Å². The molecular formula is C26H23ClN2O5. The quantitative estimate of drug-likeness (QED) is 0.286. The first-order valence-electron chi connectivity index (χ1n) is 11.2. The van der Waals surface area contributed by atoms with Crippen molar-refractivity contribution >= 4 is 46.7 Å². The van der Waals surface area contributed by atoms with E-state index < -0.39 is 11.9 Å². The van der Waals surface area contributed by atoms with Crippen LogP contribution in [-0.4, -0.2) is 30.2 Å². The number of halogens is 1. The maximum absolute atomic E-state index is 12.9. The minimum absolute atomic E-state index is 0.0317. The van der Waals surface area contributed by atoms with Crippen LogP contribution in [0.2, 0.25) is 5.02 Å². The molecule has 174 valence electrons. The molecule has 2 saturated heterocycles. The van der Waals surface area contributed by atoms with Gasteiger partial charge in [0.05, 0.1) is 23.4 Å². The molecule has 7 nitrogen and oxygen atoms in total. The fourth-order valence-corrected chi connectivity index (χ4v) is 5.10. The Balaban J connectivity index is 1.30. The standard InChI is InChI=1S/C26H23ClN2O5/c1-15-21(27)10-5-11-22(15)28-14-16(12-23(28)30)26(33)34-18-7-4-6-17(13-18)29-24(31)19-8-2-3-9-20(19)25(29)32/h2-7,10-11,13,16,19-20H,8-9,12,14H2,1H3/t16-,19-,20+/m1/s1. The molecular weight excluding hydrogens is 456 g/mol. The molecule has 1 aliphatic carbocycles. The van der Waals surface area contributed by atoms with Crippen molar-refractivity contribution in [2.24, 2.45) is 17.8 Å². The number of carbonyl (C=O) groups is 4. The molecule has 2 aliphatic heterocycles. The van der Waals surface area contributed by atoms with Gasteiger partial charge < -0.3 is 9.64 Å². The van der Waals surface area contributed by atoms with Gasteiger partial charge in [0.1, 0.15) is 5.75 Å². The lowest BCUT2D eigenvalue weighted by atomic mass is 9.85. The van der Waals surface area contributed by atoms with E-state index in [4.69, 9.17) is 16.3 Å². The van der Waals surface area contributed by atoms with E-state index in [0.29, 0.717) is 29.2 Å². The number of amides is 3. The monoisotopic (exact) mass is 478 g/mol. The Morgan fingerprint density at radius 3 is 2.38 bits per heavy atom. The number of hydrogen-bond acceptors (Lipinski definition) is 5. The second kappa shape index (κ2) is 8.72. The SMILES string of the molecule is Cc1c(Cl)cccc1N1C[C@H](C(=O)Oc2cccc(N3C(=O)[C@H]4CC=CC[C@H]4C3=O)c2)CC1=O. The predicted molar refractivity (Wildman–Crippen MR) is 127 cm³/mol. The van der Waals surface area contributed by atoms with Gasteiger partial charge in [-0.3, -0.25) is 19.2 Å². The molecule has 3 amide bonds. The molecule has 0 radical (unpaired) electrons. The van der Waals surface area contributed by atoms with Crippen LogP contribution in [0.4, 0.5) is 11.4 Å². The third-order valence-corrected chi connectivity index (χ3v) is 7.20. The smallest absolute Gasteiger partial charge is 0.316 e. The lowest BCUT2D eigenvalue weighted by molar-refractivity contribution is -0.139. The van der Waals surface area contributed by atoms with Crippen molar-refractivity contribution in [1.82, 2.24) is 0 Å². The number of esters is 1. The van der Waals surface area contributed by atoms with Crippen molar-refractivity contribution in [1.29, 1.82) is 0 Å². The number of nitrogens with zero attached hydrogens (tertiary/aromatic N) is 2. The molecule has 3 atom stereocenters. The van der Waals surface area contributed by atoms with Crippen LogP contribution in [0, 0.1) is 24.7 Å². The summed E-state index contributed by atoms with van der Waals surface area (Å²) in [6.45, 7) is 2.02. The fourth-order valence-electron chi connectivity index (χ4n) is 4.93. The lowest BCUT2D eigenvalue weighted by Gasteiger charge is -2.19. The van der Waals surface area contributed by atoms with Crippen molar-refractivity contribution in [3.63, 3.8) is 0 Å². The molecule has 2 fully saturated rings. The third kappa shape index (κ3) is 3.80. The Morgan fingerprint density at radius 1 is 1.00 bits per heavy atom. The van der Waals surface area contributed by atoms with Crippen LogP contribution in [0.1, 0.15) is 24.8 Å². The van der Waals surface area contributed by atoms with Crippen LogP contribution in [0.3, 0.4) is 0 Å². The number of benzene rings is 2. The van der Waals surface area contributed by atoms with Crippen molar-refractivity contribution in [2.45, 2.75) is 26.2 Å². The van der Waals surface area contributed by atoms with E-state index in [-0.39, 0.29) is 48.3 Å². The van der Waals surface area contributed by atoms with Crippen LogP contribution in [0.15, 0.2) is 54.6 Å².